The maximum absolute atomic E-state index is 11.5. The maximum atomic E-state index is 11.5. The first-order valence-corrected chi connectivity index (χ1v) is 22.5. The van der Waals surface area contributed by atoms with Crippen LogP contribution in [0.1, 0.15) is 33.4 Å². The van der Waals surface area contributed by atoms with Crippen LogP contribution < -0.4 is 24.0 Å². The first-order chi connectivity index (χ1) is 30.3. The van der Waals surface area contributed by atoms with Crippen molar-refractivity contribution in [3.8, 4) is 27.0 Å². The standard InChI is InChI=1S/C49H57N3O8S2/c1-6-49(53)60-35-40-14-19-48(62-40)47-18-13-39(61-47)12-10-38-11-17-43(46(34-38)59-31-28-54-5)52-22-26-57-44-32-36(3)8-15-41(44)50-20-24-55-29-30-56-25-21-51(7-2)42-16-9-37(4)33-45(42)58-27-23-52/h6,8-20,32-34H,1,7,21-31,35H2,2-5H3/b12-10+,50-20?. The predicted molar refractivity (Wildman–Crippen MR) is 254 cm³/mol. The molecule has 0 fully saturated rings. The van der Waals surface area contributed by atoms with Gasteiger partial charge in [0.1, 0.15) is 49.4 Å². The SMILES string of the molecule is C=CC(=O)OCc1ccc(-c2ccc(/C=C/c3ccc(N4CCOc5cc(C)ccc5N=CCOCCOCCN(CC)c5ccc(C)cc5OCC4)c(OCCOC)c3)s2)s1. The first-order valence-electron chi connectivity index (χ1n) is 20.9. The van der Waals surface area contributed by atoms with E-state index >= 15 is 0 Å². The number of carbonyl (C=O) groups excluding carboxylic acids is 1. The van der Waals surface area contributed by atoms with Gasteiger partial charge in [-0.05, 0) is 104 Å². The molecular formula is C49H57N3O8S2. The smallest absolute Gasteiger partial charge is 0.330 e. The van der Waals surface area contributed by atoms with Crippen LogP contribution in [0.5, 0.6) is 17.2 Å². The van der Waals surface area contributed by atoms with Crippen LogP contribution in [-0.4, -0.2) is 98.3 Å². The molecule has 11 nitrogen and oxygen atoms in total. The fourth-order valence-electron chi connectivity index (χ4n) is 6.63. The lowest BCUT2D eigenvalue weighted by Crippen LogP contribution is -2.33. The number of likely N-dealkylation sites (N-methyl/N-ethyl adjacent to an activating group) is 1. The van der Waals surface area contributed by atoms with E-state index in [2.05, 4.69) is 102 Å². The molecule has 328 valence electrons. The van der Waals surface area contributed by atoms with Gasteiger partial charge in [-0.2, -0.15) is 0 Å². The number of aryl methyl sites for hydroxylation is 2. The summed E-state index contributed by atoms with van der Waals surface area (Å²) in [5, 5.41) is 0. The van der Waals surface area contributed by atoms with Gasteiger partial charge in [-0.1, -0.05) is 30.9 Å². The molecule has 1 aliphatic rings. The van der Waals surface area contributed by atoms with E-state index in [4.69, 9.17) is 33.2 Å². The Balaban J connectivity index is 1.25. The summed E-state index contributed by atoms with van der Waals surface area (Å²) in [5.41, 5.74) is 5.90. The van der Waals surface area contributed by atoms with Crippen LogP contribution in [0.25, 0.3) is 21.9 Å². The highest BCUT2D eigenvalue weighted by Gasteiger charge is 2.17. The quantitative estimate of drug-likeness (QED) is 0.0684. The minimum atomic E-state index is -0.428. The van der Waals surface area contributed by atoms with E-state index in [0.717, 1.165) is 77.8 Å². The van der Waals surface area contributed by atoms with Gasteiger partial charge >= 0.3 is 5.97 Å². The van der Waals surface area contributed by atoms with Gasteiger partial charge in [0, 0.05) is 52.0 Å². The number of nitrogens with zero attached hydrogens (tertiary/aromatic N) is 3. The number of benzene rings is 3. The number of hydrogen-bond donors (Lipinski definition) is 0. The Morgan fingerprint density at radius 1 is 0.790 bits per heavy atom. The molecule has 0 saturated carbocycles. The lowest BCUT2D eigenvalue weighted by atomic mass is 10.1. The van der Waals surface area contributed by atoms with Gasteiger partial charge < -0.3 is 43.0 Å². The monoisotopic (exact) mass is 879 g/mol. The maximum Gasteiger partial charge on any atom is 0.330 e. The second kappa shape index (κ2) is 24.3. The number of hydrogen-bond acceptors (Lipinski definition) is 13. The van der Waals surface area contributed by atoms with Gasteiger partial charge in [0.25, 0.3) is 0 Å². The molecule has 62 heavy (non-hydrogen) atoms. The summed E-state index contributed by atoms with van der Waals surface area (Å²) in [5.74, 6) is 1.85. The number of carbonyl (C=O) groups is 1. The second-order valence-electron chi connectivity index (χ2n) is 14.4. The molecule has 0 radical (unpaired) electrons. The third-order valence-electron chi connectivity index (χ3n) is 9.86. The number of fused-ring (bicyclic) bond motifs is 2. The van der Waals surface area contributed by atoms with Crippen molar-refractivity contribution in [2.45, 2.75) is 27.4 Å². The highest BCUT2D eigenvalue weighted by molar-refractivity contribution is 7.22. The number of methoxy groups -OCH3 is 1. The predicted octanol–water partition coefficient (Wildman–Crippen LogP) is 10.1. The Kier molecular flexibility index (Phi) is 18.0. The van der Waals surface area contributed by atoms with Gasteiger partial charge in [-0.15, -0.1) is 22.7 Å². The van der Waals surface area contributed by atoms with Crippen LogP contribution in [0, 0.1) is 13.8 Å². The minimum Gasteiger partial charge on any atom is -0.490 e. The lowest BCUT2D eigenvalue weighted by molar-refractivity contribution is -0.138. The molecular weight excluding hydrogens is 823 g/mol. The van der Waals surface area contributed by atoms with E-state index in [1.807, 2.05) is 31.2 Å². The molecule has 0 bridgehead atoms. The van der Waals surface area contributed by atoms with Crippen LogP contribution in [0.3, 0.4) is 0 Å². The molecule has 0 spiro atoms. The third-order valence-corrected chi connectivity index (χ3v) is 12.2. The van der Waals surface area contributed by atoms with E-state index in [-0.39, 0.29) is 6.61 Å². The van der Waals surface area contributed by atoms with Crippen LogP contribution in [0.2, 0.25) is 0 Å². The molecule has 1 aliphatic heterocycles. The van der Waals surface area contributed by atoms with Gasteiger partial charge in [-0.25, -0.2) is 4.79 Å². The van der Waals surface area contributed by atoms with Crippen LogP contribution >= 0.6 is 22.7 Å². The molecule has 0 atom stereocenters. The van der Waals surface area contributed by atoms with E-state index < -0.39 is 5.97 Å². The first kappa shape index (κ1) is 46.1. The average Bonchev–Trinajstić information content (AvgIpc) is 3.96. The Morgan fingerprint density at radius 3 is 2.34 bits per heavy atom. The molecule has 0 amide bonds. The van der Waals surface area contributed by atoms with Crippen molar-refractivity contribution in [1.82, 2.24) is 0 Å². The Labute approximate surface area is 373 Å². The summed E-state index contributed by atoms with van der Waals surface area (Å²) in [6, 6.07) is 26.9. The summed E-state index contributed by atoms with van der Waals surface area (Å²) in [6.45, 7) is 16.2. The zero-order valence-electron chi connectivity index (χ0n) is 36.1. The molecule has 0 aliphatic carbocycles. The highest BCUT2D eigenvalue weighted by atomic mass is 32.1. The zero-order chi connectivity index (χ0) is 43.5. The lowest BCUT2D eigenvalue weighted by Gasteiger charge is -2.29. The Hall–Kier alpha value is -5.44. The zero-order valence-corrected chi connectivity index (χ0v) is 37.8. The highest BCUT2D eigenvalue weighted by Crippen LogP contribution is 2.36. The number of thiophene rings is 2. The summed E-state index contributed by atoms with van der Waals surface area (Å²) in [7, 11) is 1.67. The molecule has 0 unspecified atom stereocenters. The van der Waals surface area contributed by atoms with Crippen molar-refractivity contribution in [3.05, 3.63) is 118 Å². The summed E-state index contributed by atoms with van der Waals surface area (Å²) in [4.78, 5) is 25.1. The van der Waals surface area contributed by atoms with E-state index in [9.17, 15) is 4.79 Å². The average molecular weight is 880 g/mol. The molecule has 3 heterocycles. The van der Waals surface area contributed by atoms with E-state index in [0.29, 0.717) is 71.7 Å². The van der Waals surface area contributed by atoms with Crippen molar-refractivity contribution in [2.24, 2.45) is 4.99 Å². The van der Waals surface area contributed by atoms with Crippen molar-refractivity contribution in [3.63, 3.8) is 0 Å². The van der Waals surface area contributed by atoms with Crippen molar-refractivity contribution in [2.75, 3.05) is 95.9 Å². The number of ether oxygens (including phenoxy) is 7. The normalized spacial score (nSPS) is 14.6. The number of anilines is 2. The van der Waals surface area contributed by atoms with Crippen molar-refractivity contribution >= 4 is 64.1 Å². The summed E-state index contributed by atoms with van der Waals surface area (Å²) < 4.78 is 41.9. The Morgan fingerprint density at radius 2 is 1.53 bits per heavy atom. The fraction of sp³-hybridized carbons (Fsp3) is 0.347. The van der Waals surface area contributed by atoms with Crippen LogP contribution in [0.15, 0.2) is 96.5 Å². The molecule has 2 aromatic heterocycles. The molecule has 5 aromatic rings. The molecule has 0 saturated heterocycles. The largest absolute Gasteiger partial charge is 0.490 e. The minimum absolute atomic E-state index is 0.233. The molecule has 0 N–H and O–H groups in total. The number of rotatable bonds is 12. The summed E-state index contributed by atoms with van der Waals surface area (Å²) in [6.07, 6.45) is 7.16. The van der Waals surface area contributed by atoms with Crippen molar-refractivity contribution < 1.29 is 38.0 Å². The van der Waals surface area contributed by atoms with Gasteiger partial charge in [0.2, 0.25) is 0 Å². The van der Waals surface area contributed by atoms with E-state index in [1.165, 1.54) is 6.08 Å². The number of aliphatic imine (C=N–C) groups is 1. The topological polar surface area (TPSA) is 101 Å². The van der Waals surface area contributed by atoms with Crippen LogP contribution in [-0.2, 0) is 30.3 Å². The second-order valence-corrected chi connectivity index (χ2v) is 16.7. The Bertz CT molecular complexity index is 2270. The third kappa shape index (κ3) is 13.8. The summed E-state index contributed by atoms with van der Waals surface area (Å²) >= 11 is 3.31. The number of esters is 1. The molecule has 3 aromatic carbocycles. The van der Waals surface area contributed by atoms with E-state index in [1.54, 1.807) is 36.0 Å². The van der Waals surface area contributed by atoms with Crippen molar-refractivity contribution in [1.29, 1.82) is 0 Å². The van der Waals surface area contributed by atoms with Gasteiger partial charge in [0.15, 0.2) is 0 Å². The molecule has 6 rings (SSSR count). The van der Waals surface area contributed by atoms with Crippen LogP contribution in [0.4, 0.5) is 17.1 Å². The fourth-order valence-corrected chi connectivity index (χ4v) is 8.55. The van der Waals surface area contributed by atoms with Gasteiger partial charge in [0.05, 0.1) is 57.5 Å². The van der Waals surface area contributed by atoms with Gasteiger partial charge in [-0.3, -0.25) is 4.99 Å². The molecule has 13 heteroatoms.